The van der Waals surface area contributed by atoms with E-state index in [2.05, 4.69) is 55.2 Å². The van der Waals surface area contributed by atoms with Gasteiger partial charge in [0.1, 0.15) is 0 Å². The molecule has 17 heavy (non-hydrogen) atoms. The first-order valence-electron chi connectivity index (χ1n) is 5.75. The van der Waals surface area contributed by atoms with Gasteiger partial charge >= 0.3 is 0 Å². The first-order valence-corrected chi connectivity index (χ1v) is 5.75. The van der Waals surface area contributed by atoms with Crippen molar-refractivity contribution in [3.63, 3.8) is 0 Å². The van der Waals surface area contributed by atoms with Crippen molar-refractivity contribution in [2.75, 3.05) is 12.4 Å². The lowest BCUT2D eigenvalue weighted by atomic mass is 9.98. The van der Waals surface area contributed by atoms with Gasteiger partial charge in [0, 0.05) is 12.7 Å². The van der Waals surface area contributed by atoms with E-state index in [1.165, 1.54) is 11.1 Å². The molecule has 0 aliphatic rings. The van der Waals surface area contributed by atoms with E-state index in [1.807, 2.05) is 19.2 Å². The van der Waals surface area contributed by atoms with Crippen LogP contribution in [0.4, 0.5) is 5.69 Å². The lowest BCUT2D eigenvalue weighted by Gasteiger charge is -2.09. The van der Waals surface area contributed by atoms with Crippen LogP contribution in [0.25, 0.3) is 5.57 Å². The minimum absolute atomic E-state index is 1.06. The summed E-state index contributed by atoms with van der Waals surface area (Å²) in [5, 5.41) is 3.14. The molecular formula is C16H17N. The molecule has 0 aliphatic carbocycles. The normalized spacial score (nSPS) is 10.0. The van der Waals surface area contributed by atoms with Crippen molar-refractivity contribution in [2.24, 2.45) is 0 Å². The Labute approximate surface area is 103 Å². The third-order valence-corrected chi connectivity index (χ3v) is 2.87. The van der Waals surface area contributed by atoms with Gasteiger partial charge < -0.3 is 5.32 Å². The Morgan fingerprint density at radius 2 is 1.65 bits per heavy atom. The maximum Gasteiger partial charge on any atom is 0.0343 e. The van der Waals surface area contributed by atoms with Gasteiger partial charge in [0.05, 0.1) is 0 Å². The molecule has 1 heteroatoms. The fourth-order valence-corrected chi connectivity index (χ4v) is 1.86. The zero-order valence-corrected chi connectivity index (χ0v) is 10.3. The van der Waals surface area contributed by atoms with Crippen molar-refractivity contribution >= 4 is 11.3 Å². The van der Waals surface area contributed by atoms with Crippen molar-refractivity contribution in [3.8, 4) is 0 Å². The van der Waals surface area contributed by atoms with Gasteiger partial charge in [-0.05, 0) is 35.8 Å². The van der Waals surface area contributed by atoms with Crippen molar-refractivity contribution < 1.29 is 0 Å². The summed E-state index contributed by atoms with van der Waals surface area (Å²) in [6.07, 6.45) is 0. The molecule has 0 saturated carbocycles. The van der Waals surface area contributed by atoms with Crippen LogP contribution in [0.2, 0.25) is 0 Å². The quantitative estimate of drug-likeness (QED) is 0.826. The van der Waals surface area contributed by atoms with Crippen LogP contribution in [0.5, 0.6) is 0 Å². The Hall–Kier alpha value is -2.02. The van der Waals surface area contributed by atoms with E-state index in [1.54, 1.807) is 0 Å². The second-order valence-electron chi connectivity index (χ2n) is 4.18. The molecule has 2 rings (SSSR count). The fraction of sp³-hybridized carbons (Fsp3) is 0.125. The summed E-state index contributed by atoms with van der Waals surface area (Å²) in [4.78, 5) is 0. The molecule has 0 fully saturated rings. The predicted molar refractivity (Wildman–Crippen MR) is 75.3 cm³/mol. The van der Waals surface area contributed by atoms with Crippen molar-refractivity contribution in [2.45, 2.75) is 6.92 Å². The molecular weight excluding hydrogens is 206 g/mol. The lowest BCUT2D eigenvalue weighted by molar-refractivity contribution is 1.44. The van der Waals surface area contributed by atoms with Crippen LogP contribution in [-0.4, -0.2) is 7.05 Å². The highest BCUT2D eigenvalue weighted by Crippen LogP contribution is 2.24. The van der Waals surface area contributed by atoms with Crippen LogP contribution in [0, 0.1) is 6.92 Å². The third kappa shape index (κ3) is 2.56. The Morgan fingerprint density at radius 3 is 2.29 bits per heavy atom. The number of rotatable bonds is 3. The van der Waals surface area contributed by atoms with E-state index in [0.717, 1.165) is 16.8 Å². The Kier molecular flexibility index (Phi) is 3.29. The van der Waals surface area contributed by atoms with Crippen LogP contribution in [-0.2, 0) is 0 Å². The van der Waals surface area contributed by atoms with E-state index in [-0.39, 0.29) is 0 Å². The Balaban J connectivity index is 2.36. The molecule has 0 spiro atoms. The van der Waals surface area contributed by atoms with E-state index in [4.69, 9.17) is 0 Å². The molecule has 0 radical (unpaired) electrons. The van der Waals surface area contributed by atoms with Gasteiger partial charge in [-0.15, -0.1) is 0 Å². The van der Waals surface area contributed by atoms with Gasteiger partial charge in [-0.3, -0.25) is 0 Å². The molecule has 0 saturated heterocycles. The van der Waals surface area contributed by atoms with Crippen LogP contribution in [0.3, 0.4) is 0 Å². The Bertz CT molecular complexity index is 541. The highest BCUT2D eigenvalue weighted by molar-refractivity contribution is 5.79. The molecule has 0 heterocycles. The summed E-state index contributed by atoms with van der Waals surface area (Å²) in [5.41, 5.74) is 5.76. The van der Waals surface area contributed by atoms with Gasteiger partial charge in [-0.1, -0.05) is 48.5 Å². The average Bonchev–Trinajstić information content (AvgIpc) is 2.38. The molecule has 86 valence electrons. The van der Waals surface area contributed by atoms with Crippen LogP contribution < -0.4 is 5.32 Å². The molecule has 0 atom stereocenters. The summed E-state index contributed by atoms with van der Waals surface area (Å²) in [5.74, 6) is 0. The van der Waals surface area contributed by atoms with E-state index >= 15 is 0 Å². The summed E-state index contributed by atoms with van der Waals surface area (Å²) in [6.45, 7) is 6.28. The number of benzene rings is 2. The largest absolute Gasteiger partial charge is 0.388 e. The number of nitrogens with one attached hydrogen (secondary N) is 1. The fourth-order valence-electron chi connectivity index (χ4n) is 1.86. The molecule has 0 aromatic heterocycles. The minimum atomic E-state index is 1.06. The second-order valence-corrected chi connectivity index (χ2v) is 4.18. The zero-order chi connectivity index (χ0) is 12.3. The van der Waals surface area contributed by atoms with Crippen LogP contribution >= 0.6 is 0 Å². The topological polar surface area (TPSA) is 12.0 Å². The van der Waals surface area contributed by atoms with Gasteiger partial charge in [0.2, 0.25) is 0 Å². The highest BCUT2D eigenvalue weighted by atomic mass is 14.8. The van der Waals surface area contributed by atoms with Crippen LogP contribution in [0.15, 0.2) is 55.1 Å². The average molecular weight is 223 g/mol. The summed E-state index contributed by atoms with van der Waals surface area (Å²) < 4.78 is 0. The molecule has 2 aromatic carbocycles. The third-order valence-electron chi connectivity index (χ3n) is 2.87. The lowest BCUT2D eigenvalue weighted by Crippen LogP contribution is -1.91. The predicted octanol–water partition coefficient (Wildman–Crippen LogP) is 4.10. The molecule has 0 unspecified atom stereocenters. The zero-order valence-electron chi connectivity index (χ0n) is 10.3. The van der Waals surface area contributed by atoms with Gasteiger partial charge in [-0.25, -0.2) is 0 Å². The summed E-state index contributed by atoms with van der Waals surface area (Å²) in [6, 6.07) is 16.7. The molecule has 1 N–H and O–H groups in total. The van der Waals surface area contributed by atoms with Gasteiger partial charge in [0.25, 0.3) is 0 Å². The maximum absolute atomic E-state index is 4.18. The van der Waals surface area contributed by atoms with Gasteiger partial charge in [-0.2, -0.15) is 0 Å². The van der Waals surface area contributed by atoms with Gasteiger partial charge in [0.15, 0.2) is 0 Å². The molecule has 2 aromatic rings. The minimum Gasteiger partial charge on any atom is -0.388 e. The number of hydrogen-bond acceptors (Lipinski definition) is 1. The van der Waals surface area contributed by atoms with Crippen molar-refractivity contribution in [1.29, 1.82) is 0 Å². The molecule has 0 amide bonds. The van der Waals surface area contributed by atoms with E-state index < -0.39 is 0 Å². The molecule has 1 nitrogen and oxygen atoms in total. The smallest absolute Gasteiger partial charge is 0.0343 e. The number of hydrogen-bond donors (Lipinski definition) is 1. The number of aryl methyl sites for hydroxylation is 1. The molecule has 0 aliphatic heterocycles. The van der Waals surface area contributed by atoms with Crippen LogP contribution in [0.1, 0.15) is 16.7 Å². The monoisotopic (exact) mass is 223 g/mol. The summed E-state index contributed by atoms with van der Waals surface area (Å²) in [7, 11) is 1.93. The second kappa shape index (κ2) is 4.88. The first kappa shape index (κ1) is 11.5. The number of anilines is 1. The molecule has 0 bridgehead atoms. The summed E-state index contributed by atoms with van der Waals surface area (Å²) >= 11 is 0. The first-order chi connectivity index (χ1) is 8.20. The van der Waals surface area contributed by atoms with E-state index in [0.29, 0.717) is 0 Å². The Morgan fingerprint density at radius 1 is 1.00 bits per heavy atom. The standard InChI is InChI=1S/C16H17N/c1-12-6-4-7-14(10-12)13(2)15-8-5-9-16(11-15)17-3/h4-11,17H,2H2,1,3H3. The SMILES string of the molecule is C=C(c1cccc(C)c1)c1cccc(NC)c1. The highest BCUT2D eigenvalue weighted by Gasteiger charge is 2.02. The van der Waals surface area contributed by atoms with Crippen molar-refractivity contribution in [1.82, 2.24) is 0 Å². The maximum atomic E-state index is 4.18. The van der Waals surface area contributed by atoms with Crippen molar-refractivity contribution in [3.05, 3.63) is 71.8 Å². The van der Waals surface area contributed by atoms with E-state index in [9.17, 15) is 0 Å².